The van der Waals surface area contributed by atoms with Gasteiger partial charge in [-0.05, 0) is 36.9 Å². The van der Waals surface area contributed by atoms with Crippen LogP contribution in [0.2, 0.25) is 0 Å². The van der Waals surface area contributed by atoms with Crippen molar-refractivity contribution in [1.29, 1.82) is 0 Å². The maximum absolute atomic E-state index is 12.0. The molecule has 2 aromatic rings. The molecule has 0 bridgehead atoms. The fraction of sp³-hybridized carbons (Fsp3) is 0.188. The molecule has 0 spiro atoms. The Hall–Kier alpha value is -2.67. The number of carbonyl (C=O) groups excluding carboxylic acids is 3. The molecular weight excluding hydrogens is 316 g/mol. The Morgan fingerprint density at radius 3 is 2.61 bits per heavy atom. The topological polar surface area (TPSA) is 98.5 Å². The second kappa shape index (κ2) is 7.06. The SMILES string of the molecule is Cc1ccc(C)c(C(=O)OCC(=O)Nc2sccc2C(N)=O)c1. The second-order valence-electron chi connectivity index (χ2n) is 4.97. The van der Waals surface area contributed by atoms with Crippen molar-refractivity contribution in [2.24, 2.45) is 5.73 Å². The van der Waals surface area contributed by atoms with Crippen molar-refractivity contribution >= 4 is 34.1 Å². The fourth-order valence-corrected chi connectivity index (χ4v) is 2.74. The van der Waals surface area contributed by atoms with Gasteiger partial charge in [-0.1, -0.05) is 17.7 Å². The van der Waals surface area contributed by atoms with E-state index in [9.17, 15) is 14.4 Å². The zero-order chi connectivity index (χ0) is 17.0. The van der Waals surface area contributed by atoms with E-state index in [0.29, 0.717) is 10.6 Å². The maximum Gasteiger partial charge on any atom is 0.338 e. The summed E-state index contributed by atoms with van der Waals surface area (Å²) in [6.07, 6.45) is 0. The lowest BCUT2D eigenvalue weighted by Crippen LogP contribution is -2.22. The van der Waals surface area contributed by atoms with E-state index in [4.69, 9.17) is 10.5 Å². The molecule has 6 nitrogen and oxygen atoms in total. The predicted molar refractivity (Wildman–Crippen MR) is 87.7 cm³/mol. The van der Waals surface area contributed by atoms with Crippen molar-refractivity contribution < 1.29 is 19.1 Å². The molecule has 7 heteroatoms. The highest BCUT2D eigenvalue weighted by Gasteiger charge is 2.15. The molecule has 1 aromatic carbocycles. The summed E-state index contributed by atoms with van der Waals surface area (Å²) >= 11 is 1.17. The van der Waals surface area contributed by atoms with Crippen molar-refractivity contribution in [3.63, 3.8) is 0 Å². The Kier molecular flexibility index (Phi) is 5.13. The van der Waals surface area contributed by atoms with Crippen LogP contribution in [0.1, 0.15) is 31.8 Å². The summed E-state index contributed by atoms with van der Waals surface area (Å²) in [5.74, 6) is -1.73. The molecule has 0 atom stereocenters. The molecule has 0 fully saturated rings. The van der Waals surface area contributed by atoms with E-state index < -0.39 is 24.4 Å². The van der Waals surface area contributed by atoms with E-state index in [1.807, 2.05) is 19.1 Å². The lowest BCUT2D eigenvalue weighted by Gasteiger charge is -2.08. The number of aryl methyl sites for hydroxylation is 2. The van der Waals surface area contributed by atoms with E-state index in [1.54, 1.807) is 18.4 Å². The third-order valence-electron chi connectivity index (χ3n) is 3.13. The van der Waals surface area contributed by atoms with Crippen LogP contribution in [0.25, 0.3) is 0 Å². The quantitative estimate of drug-likeness (QED) is 0.820. The third-order valence-corrected chi connectivity index (χ3v) is 3.96. The van der Waals surface area contributed by atoms with Crippen LogP contribution in [0, 0.1) is 13.8 Å². The molecule has 0 aliphatic heterocycles. The van der Waals surface area contributed by atoms with Gasteiger partial charge < -0.3 is 15.8 Å². The molecule has 0 unspecified atom stereocenters. The summed E-state index contributed by atoms with van der Waals surface area (Å²) < 4.78 is 5.01. The minimum Gasteiger partial charge on any atom is -0.452 e. The summed E-state index contributed by atoms with van der Waals surface area (Å²) in [7, 11) is 0. The number of nitrogens with two attached hydrogens (primary N) is 1. The minimum absolute atomic E-state index is 0.226. The number of rotatable bonds is 5. The van der Waals surface area contributed by atoms with Crippen molar-refractivity contribution in [3.05, 3.63) is 51.9 Å². The Labute approximate surface area is 137 Å². The van der Waals surface area contributed by atoms with Gasteiger partial charge in [0.05, 0.1) is 11.1 Å². The van der Waals surface area contributed by atoms with Gasteiger partial charge in [0.15, 0.2) is 6.61 Å². The van der Waals surface area contributed by atoms with Gasteiger partial charge in [0.2, 0.25) is 0 Å². The normalized spacial score (nSPS) is 10.2. The molecule has 3 N–H and O–H groups in total. The first-order valence-corrected chi connectivity index (χ1v) is 7.68. The number of hydrogen-bond donors (Lipinski definition) is 2. The number of anilines is 1. The number of carbonyl (C=O) groups is 3. The van der Waals surface area contributed by atoms with Crippen molar-refractivity contribution in [1.82, 2.24) is 0 Å². The molecule has 0 saturated heterocycles. The van der Waals surface area contributed by atoms with E-state index in [1.165, 1.54) is 17.4 Å². The molecular formula is C16H16N2O4S. The van der Waals surface area contributed by atoms with Crippen LogP contribution < -0.4 is 11.1 Å². The number of amides is 2. The standard InChI is InChI=1S/C16H16N2O4S/c1-9-3-4-10(2)12(7-9)16(21)22-8-13(19)18-15-11(14(17)20)5-6-23-15/h3-7H,8H2,1-2H3,(H2,17,20)(H,18,19). The molecule has 1 heterocycles. The van der Waals surface area contributed by atoms with E-state index in [-0.39, 0.29) is 5.56 Å². The third kappa shape index (κ3) is 4.17. The lowest BCUT2D eigenvalue weighted by atomic mass is 10.1. The summed E-state index contributed by atoms with van der Waals surface area (Å²) in [4.78, 5) is 35.0. The summed E-state index contributed by atoms with van der Waals surface area (Å²) in [5, 5.41) is 4.48. The minimum atomic E-state index is -0.631. The maximum atomic E-state index is 12.0. The van der Waals surface area contributed by atoms with Crippen LogP contribution >= 0.6 is 11.3 Å². The van der Waals surface area contributed by atoms with Crippen molar-refractivity contribution in [2.45, 2.75) is 13.8 Å². The molecule has 23 heavy (non-hydrogen) atoms. The Morgan fingerprint density at radius 2 is 1.91 bits per heavy atom. The first-order chi connectivity index (χ1) is 10.9. The number of ether oxygens (including phenoxy) is 1. The highest BCUT2D eigenvalue weighted by molar-refractivity contribution is 7.14. The zero-order valence-electron chi connectivity index (χ0n) is 12.7. The largest absolute Gasteiger partial charge is 0.452 e. The van der Waals surface area contributed by atoms with Gasteiger partial charge in [0, 0.05) is 0 Å². The smallest absolute Gasteiger partial charge is 0.338 e. The van der Waals surface area contributed by atoms with Crippen LogP contribution in [0.3, 0.4) is 0 Å². The summed E-state index contributed by atoms with van der Waals surface area (Å²) in [6, 6.07) is 6.93. The fourth-order valence-electron chi connectivity index (χ4n) is 1.93. The van der Waals surface area contributed by atoms with Gasteiger partial charge in [-0.25, -0.2) is 4.79 Å². The predicted octanol–water partition coefficient (Wildman–Crippen LogP) is 2.26. The molecule has 0 saturated carbocycles. The van der Waals surface area contributed by atoms with Crippen LogP contribution in [0.5, 0.6) is 0 Å². The van der Waals surface area contributed by atoms with Gasteiger partial charge in [-0.2, -0.15) is 0 Å². The van der Waals surface area contributed by atoms with Crippen LogP contribution in [0.15, 0.2) is 29.6 Å². The highest BCUT2D eigenvalue weighted by Crippen LogP contribution is 2.22. The second-order valence-corrected chi connectivity index (χ2v) is 5.89. The number of thiophene rings is 1. The summed E-state index contributed by atoms with van der Waals surface area (Å²) in [5.41, 5.74) is 7.54. The Morgan fingerprint density at radius 1 is 1.17 bits per heavy atom. The van der Waals surface area contributed by atoms with E-state index >= 15 is 0 Å². The van der Waals surface area contributed by atoms with Crippen LogP contribution in [0.4, 0.5) is 5.00 Å². The number of esters is 1. The Bertz CT molecular complexity index is 767. The lowest BCUT2D eigenvalue weighted by molar-refractivity contribution is -0.119. The van der Waals surface area contributed by atoms with E-state index in [0.717, 1.165) is 11.1 Å². The van der Waals surface area contributed by atoms with Crippen molar-refractivity contribution in [3.8, 4) is 0 Å². The molecule has 2 rings (SSSR count). The average Bonchev–Trinajstić information content (AvgIpc) is 2.95. The van der Waals surface area contributed by atoms with Crippen LogP contribution in [-0.4, -0.2) is 24.4 Å². The number of hydrogen-bond acceptors (Lipinski definition) is 5. The van der Waals surface area contributed by atoms with Crippen LogP contribution in [-0.2, 0) is 9.53 Å². The molecule has 120 valence electrons. The zero-order valence-corrected chi connectivity index (χ0v) is 13.5. The van der Waals surface area contributed by atoms with Gasteiger partial charge >= 0.3 is 5.97 Å². The molecule has 1 aromatic heterocycles. The van der Waals surface area contributed by atoms with Gasteiger partial charge in [0.1, 0.15) is 5.00 Å². The van der Waals surface area contributed by atoms with Gasteiger partial charge in [-0.3, -0.25) is 9.59 Å². The molecule has 2 amide bonds. The molecule has 0 aliphatic carbocycles. The number of benzene rings is 1. The monoisotopic (exact) mass is 332 g/mol. The average molecular weight is 332 g/mol. The molecule has 0 radical (unpaired) electrons. The summed E-state index contributed by atoms with van der Waals surface area (Å²) in [6.45, 7) is 3.22. The number of primary amides is 1. The highest BCUT2D eigenvalue weighted by atomic mass is 32.1. The van der Waals surface area contributed by atoms with Crippen molar-refractivity contribution in [2.75, 3.05) is 11.9 Å². The van der Waals surface area contributed by atoms with E-state index in [2.05, 4.69) is 5.32 Å². The number of nitrogens with one attached hydrogen (secondary N) is 1. The first-order valence-electron chi connectivity index (χ1n) is 6.80. The van der Waals surface area contributed by atoms with Gasteiger partial charge in [0.25, 0.3) is 11.8 Å². The first kappa shape index (κ1) is 16.7. The Balaban J connectivity index is 1.96. The van der Waals surface area contributed by atoms with Gasteiger partial charge in [-0.15, -0.1) is 11.3 Å². The molecule has 0 aliphatic rings.